The van der Waals surface area contributed by atoms with E-state index in [-0.39, 0.29) is 0 Å². The molecule has 2 fully saturated rings. The van der Waals surface area contributed by atoms with Crippen LogP contribution in [-0.4, -0.2) is 14.4 Å². The molecule has 0 amide bonds. The van der Waals surface area contributed by atoms with Crippen LogP contribution in [0, 0.1) is 17.8 Å². The summed E-state index contributed by atoms with van der Waals surface area (Å²) in [6.45, 7) is 15.7. The molecule has 0 aliphatic heterocycles. The van der Waals surface area contributed by atoms with E-state index in [1.54, 1.807) is 0 Å². The van der Waals surface area contributed by atoms with Gasteiger partial charge in [-0.2, -0.15) is 0 Å². The van der Waals surface area contributed by atoms with Crippen molar-refractivity contribution in [2.45, 2.75) is 64.3 Å². The second kappa shape index (κ2) is 4.24. The molecule has 0 radical (unpaired) electrons. The summed E-state index contributed by atoms with van der Waals surface area (Å²) in [4.78, 5) is 0. The van der Waals surface area contributed by atoms with Crippen LogP contribution in [0.5, 0.6) is 0 Å². The molecular weight excluding hydrogens is 224 g/mol. The average Bonchev–Trinajstić information content (AvgIpc) is 2.73. The first-order valence-electron chi connectivity index (χ1n) is 7.05. The minimum atomic E-state index is -1.58. The van der Waals surface area contributed by atoms with Gasteiger partial charge < -0.3 is 4.43 Å². The molecule has 0 aromatic carbocycles. The van der Waals surface area contributed by atoms with Gasteiger partial charge in [0.05, 0.1) is 0 Å². The summed E-state index contributed by atoms with van der Waals surface area (Å²) in [6, 6.07) is 0. The van der Waals surface area contributed by atoms with Gasteiger partial charge in [-0.25, -0.2) is 0 Å². The Bertz CT molecular complexity index is 303. The Morgan fingerprint density at radius 1 is 1.18 bits per heavy atom. The molecule has 17 heavy (non-hydrogen) atoms. The smallest absolute Gasteiger partial charge is 0.192 e. The summed E-state index contributed by atoms with van der Waals surface area (Å²) >= 11 is 0. The molecular formula is C15H28OSi. The highest BCUT2D eigenvalue weighted by atomic mass is 28.4. The number of hydrogen-bond donors (Lipinski definition) is 0. The first-order valence-corrected chi connectivity index (χ1v) is 9.96. The van der Waals surface area contributed by atoms with Crippen LogP contribution in [0.2, 0.25) is 18.1 Å². The van der Waals surface area contributed by atoms with Crippen LogP contribution in [0.1, 0.15) is 40.0 Å². The molecule has 0 N–H and O–H groups in total. The molecule has 2 saturated carbocycles. The summed E-state index contributed by atoms with van der Waals surface area (Å²) in [5.41, 5.74) is 0. The molecule has 0 heterocycles. The average molecular weight is 252 g/mol. The SMILES string of the molecule is C=C[C@@H]1C[C@@H]2C[C@H]1[C@@H](O[Si](C)(C)C(C)(C)C)C2. The Balaban J connectivity index is 2.04. The minimum Gasteiger partial charge on any atom is -0.414 e. The van der Waals surface area contributed by atoms with E-state index < -0.39 is 8.32 Å². The predicted molar refractivity (Wildman–Crippen MR) is 76.6 cm³/mol. The van der Waals surface area contributed by atoms with Crippen molar-refractivity contribution in [3.05, 3.63) is 12.7 Å². The van der Waals surface area contributed by atoms with Crippen molar-refractivity contribution >= 4 is 8.32 Å². The summed E-state index contributed by atoms with van der Waals surface area (Å²) in [6.07, 6.45) is 6.76. The predicted octanol–water partition coefficient (Wildman–Crippen LogP) is 4.61. The Morgan fingerprint density at radius 3 is 2.29 bits per heavy atom. The summed E-state index contributed by atoms with van der Waals surface area (Å²) in [5, 5.41) is 0.332. The van der Waals surface area contributed by atoms with E-state index in [0.29, 0.717) is 11.1 Å². The van der Waals surface area contributed by atoms with Crippen molar-refractivity contribution in [3.8, 4) is 0 Å². The zero-order chi connectivity index (χ0) is 12.8. The first kappa shape index (κ1) is 13.4. The number of fused-ring (bicyclic) bond motifs is 2. The van der Waals surface area contributed by atoms with Crippen LogP contribution in [0.3, 0.4) is 0 Å². The monoisotopic (exact) mass is 252 g/mol. The van der Waals surface area contributed by atoms with E-state index in [0.717, 1.165) is 17.8 Å². The van der Waals surface area contributed by atoms with Crippen molar-refractivity contribution in [1.82, 2.24) is 0 Å². The molecule has 98 valence electrons. The molecule has 0 saturated heterocycles. The van der Waals surface area contributed by atoms with Gasteiger partial charge in [0.2, 0.25) is 0 Å². The van der Waals surface area contributed by atoms with Crippen molar-refractivity contribution in [2.24, 2.45) is 17.8 Å². The lowest BCUT2D eigenvalue weighted by molar-refractivity contribution is 0.103. The molecule has 0 spiro atoms. The van der Waals surface area contributed by atoms with Crippen LogP contribution in [0.25, 0.3) is 0 Å². The summed E-state index contributed by atoms with van der Waals surface area (Å²) < 4.78 is 6.62. The van der Waals surface area contributed by atoms with Gasteiger partial charge in [0.15, 0.2) is 8.32 Å². The quantitative estimate of drug-likeness (QED) is 0.526. The highest BCUT2D eigenvalue weighted by molar-refractivity contribution is 6.74. The van der Waals surface area contributed by atoms with E-state index >= 15 is 0 Å². The van der Waals surface area contributed by atoms with Crippen LogP contribution >= 0.6 is 0 Å². The second-order valence-corrected chi connectivity index (χ2v) is 12.3. The van der Waals surface area contributed by atoms with Gasteiger partial charge in [-0.3, -0.25) is 0 Å². The summed E-state index contributed by atoms with van der Waals surface area (Å²) in [7, 11) is -1.58. The molecule has 0 unspecified atom stereocenters. The molecule has 2 aliphatic rings. The number of rotatable bonds is 3. The molecule has 1 nitrogen and oxygen atoms in total. The highest BCUT2D eigenvalue weighted by Gasteiger charge is 2.49. The zero-order valence-electron chi connectivity index (χ0n) is 12.1. The van der Waals surface area contributed by atoms with Crippen molar-refractivity contribution < 1.29 is 4.43 Å². The third kappa shape index (κ3) is 2.39. The van der Waals surface area contributed by atoms with Gasteiger partial charge in [0.1, 0.15) is 0 Å². The van der Waals surface area contributed by atoms with Gasteiger partial charge in [0, 0.05) is 6.10 Å². The Morgan fingerprint density at radius 2 is 1.82 bits per heavy atom. The molecule has 2 heteroatoms. The van der Waals surface area contributed by atoms with Gasteiger partial charge in [0.25, 0.3) is 0 Å². The third-order valence-electron chi connectivity index (χ3n) is 5.36. The molecule has 0 aromatic rings. The van der Waals surface area contributed by atoms with Crippen molar-refractivity contribution in [2.75, 3.05) is 0 Å². The first-order chi connectivity index (χ1) is 7.74. The van der Waals surface area contributed by atoms with E-state index in [2.05, 4.69) is 46.5 Å². The molecule has 2 bridgehead atoms. The van der Waals surface area contributed by atoms with Gasteiger partial charge in [-0.1, -0.05) is 26.8 Å². The van der Waals surface area contributed by atoms with Gasteiger partial charge in [-0.05, 0) is 55.1 Å². The van der Waals surface area contributed by atoms with E-state index in [1.165, 1.54) is 19.3 Å². The van der Waals surface area contributed by atoms with Crippen molar-refractivity contribution in [3.63, 3.8) is 0 Å². The lowest BCUT2D eigenvalue weighted by atomic mass is 9.87. The summed E-state index contributed by atoms with van der Waals surface area (Å²) in [5.74, 6) is 2.41. The third-order valence-corrected chi connectivity index (χ3v) is 9.86. The Kier molecular flexibility index (Phi) is 3.33. The Labute approximate surface area is 108 Å². The van der Waals surface area contributed by atoms with Crippen molar-refractivity contribution in [1.29, 1.82) is 0 Å². The van der Waals surface area contributed by atoms with E-state index in [1.807, 2.05) is 0 Å². The fourth-order valence-corrected chi connectivity index (χ4v) is 4.68. The normalized spacial score (nSPS) is 37.5. The maximum Gasteiger partial charge on any atom is 0.192 e. The Hall–Kier alpha value is -0.0831. The van der Waals surface area contributed by atoms with Crippen LogP contribution in [0.4, 0.5) is 0 Å². The standard InChI is InChI=1S/C15H28OSi/c1-7-12-8-11-9-13(12)14(10-11)16-17(5,6)15(2,3)4/h7,11-14H,1,8-10H2,2-6H3/t11-,12-,13-,14+/m1/s1. The van der Waals surface area contributed by atoms with Crippen LogP contribution in [-0.2, 0) is 4.43 Å². The number of allylic oxidation sites excluding steroid dienone is 1. The zero-order valence-corrected chi connectivity index (χ0v) is 13.1. The highest BCUT2D eigenvalue weighted by Crippen LogP contribution is 2.52. The molecule has 4 atom stereocenters. The number of hydrogen-bond acceptors (Lipinski definition) is 1. The molecule has 2 aliphatic carbocycles. The maximum absolute atomic E-state index is 6.62. The minimum absolute atomic E-state index is 0.332. The largest absolute Gasteiger partial charge is 0.414 e. The van der Waals surface area contributed by atoms with Gasteiger partial charge >= 0.3 is 0 Å². The lowest BCUT2D eigenvalue weighted by Crippen LogP contribution is -2.46. The van der Waals surface area contributed by atoms with Crippen LogP contribution < -0.4 is 0 Å². The van der Waals surface area contributed by atoms with E-state index in [9.17, 15) is 0 Å². The van der Waals surface area contributed by atoms with Crippen LogP contribution in [0.15, 0.2) is 12.7 Å². The fourth-order valence-electron chi connectivity index (χ4n) is 3.30. The van der Waals surface area contributed by atoms with E-state index in [4.69, 9.17) is 4.43 Å². The topological polar surface area (TPSA) is 9.23 Å². The van der Waals surface area contributed by atoms with Gasteiger partial charge in [-0.15, -0.1) is 6.58 Å². The molecule has 2 rings (SSSR count). The second-order valence-electron chi connectivity index (χ2n) is 7.55. The maximum atomic E-state index is 6.62. The lowest BCUT2D eigenvalue weighted by Gasteiger charge is -2.41. The molecule has 0 aromatic heterocycles. The fraction of sp³-hybridized carbons (Fsp3) is 0.867.